The van der Waals surface area contributed by atoms with E-state index in [0.29, 0.717) is 15.6 Å². The Hall–Kier alpha value is -2.37. The summed E-state index contributed by atoms with van der Waals surface area (Å²) in [5.74, 6) is -4.00. The van der Waals surface area contributed by atoms with Crippen molar-refractivity contribution in [3.8, 4) is 11.1 Å². The Labute approximate surface area is 196 Å². The molecule has 1 fully saturated rings. The maximum Gasteiger partial charge on any atom is 0.315 e. The number of benzene rings is 3. The Morgan fingerprint density at radius 1 is 1.03 bits per heavy atom. The van der Waals surface area contributed by atoms with Crippen LogP contribution in [0.3, 0.4) is 0 Å². The summed E-state index contributed by atoms with van der Waals surface area (Å²) in [6.45, 7) is 3.44. The van der Waals surface area contributed by atoms with Crippen LogP contribution in [0.4, 0.5) is 0 Å². The normalized spacial score (nSPS) is 24.9. The second kappa shape index (κ2) is 7.60. The predicted molar refractivity (Wildman–Crippen MR) is 124 cm³/mol. The SMILES string of the molecule is CCOC(=O)[C@H]1[C@H](c2ccc(Cl)cc2Cl)C2(O[C@@]1(C)O)c1ccccc1-c1ccccc12. The Balaban J connectivity index is 1.86. The summed E-state index contributed by atoms with van der Waals surface area (Å²) in [4.78, 5) is 13.3. The monoisotopic (exact) mass is 468 g/mol. The molecule has 0 aromatic heterocycles. The van der Waals surface area contributed by atoms with Crippen LogP contribution in [0.1, 0.15) is 36.5 Å². The second-order valence-corrected chi connectivity index (χ2v) is 9.20. The molecule has 0 amide bonds. The second-order valence-electron chi connectivity index (χ2n) is 8.36. The summed E-state index contributed by atoms with van der Waals surface area (Å²) >= 11 is 12.9. The van der Waals surface area contributed by atoms with Gasteiger partial charge in [0.05, 0.1) is 6.61 Å². The molecule has 3 atom stereocenters. The van der Waals surface area contributed by atoms with Crippen molar-refractivity contribution in [1.29, 1.82) is 0 Å². The summed E-state index contributed by atoms with van der Waals surface area (Å²) in [5, 5.41) is 12.4. The molecule has 1 heterocycles. The number of rotatable bonds is 3. The minimum Gasteiger partial charge on any atom is -0.466 e. The lowest BCUT2D eigenvalue weighted by atomic mass is 9.70. The fraction of sp³-hybridized carbons (Fsp3) is 0.269. The van der Waals surface area contributed by atoms with Crippen LogP contribution in [0.25, 0.3) is 11.1 Å². The summed E-state index contributed by atoms with van der Waals surface area (Å²) in [5.41, 5.74) is 3.29. The number of fused-ring (bicyclic) bond motifs is 5. The highest BCUT2D eigenvalue weighted by Gasteiger charge is 2.67. The van der Waals surface area contributed by atoms with E-state index in [9.17, 15) is 9.90 Å². The third kappa shape index (κ3) is 2.94. The van der Waals surface area contributed by atoms with Crippen LogP contribution in [0.5, 0.6) is 0 Å². The van der Waals surface area contributed by atoms with Crippen molar-refractivity contribution in [2.75, 3.05) is 6.61 Å². The lowest BCUT2D eigenvalue weighted by molar-refractivity contribution is -0.223. The third-order valence-corrected chi connectivity index (χ3v) is 7.06. The van der Waals surface area contributed by atoms with Gasteiger partial charge < -0.3 is 14.6 Å². The molecule has 0 unspecified atom stereocenters. The van der Waals surface area contributed by atoms with Gasteiger partial charge in [0, 0.05) is 16.0 Å². The smallest absolute Gasteiger partial charge is 0.315 e. The lowest BCUT2D eigenvalue weighted by Crippen LogP contribution is -2.39. The molecule has 1 N–H and O–H groups in total. The van der Waals surface area contributed by atoms with Crippen molar-refractivity contribution in [3.05, 3.63) is 93.5 Å². The van der Waals surface area contributed by atoms with Gasteiger partial charge in [-0.05, 0) is 53.8 Å². The number of ether oxygens (including phenoxy) is 2. The standard InChI is InChI=1S/C26H22Cl2O4/c1-3-31-24(29)23-22(18-13-12-15(27)14-21(18)28)26(32-25(23,2)30)19-10-6-4-8-16(19)17-9-5-7-11-20(17)26/h4-14,22-23,30H,3H2,1-2H3/t22-,23+,25+/m0/s1. The lowest BCUT2D eigenvalue weighted by Gasteiger charge is -2.34. The van der Waals surface area contributed by atoms with Gasteiger partial charge in [-0.3, -0.25) is 4.79 Å². The Morgan fingerprint density at radius 3 is 2.19 bits per heavy atom. The van der Waals surface area contributed by atoms with E-state index in [2.05, 4.69) is 0 Å². The molecule has 3 aromatic carbocycles. The van der Waals surface area contributed by atoms with Crippen LogP contribution < -0.4 is 0 Å². The van der Waals surface area contributed by atoms with Gasteiger partial charge in [0.2, 0.25) is 0 Å². The van der Waals surface area contributed by atoms with Crippen molar-refractivity contribution in [2.24, 2.45) is 5.92 Å². The fourth-order valence-corrected chi connectivity index (χ4v) is 5.94. The zero-order valence-electron chi connectivity index (χ0n) is 17.6. The molecular weight excluding hydrogens is 447 g/mol. The molecule has 3 aromatic rings. The number of aliphatic hydroxyl groups is 1. The van der Waals surface area contributed by atoms with E-state index in [-0.39, 0.29) is 6.61 Å². The zero-order valence-corrected chi connectivity index (χ0v) is 19.2. The van der Waals surface area contributed by atoms with Gasteiger partial charge in [0.1, 0.15) is 11.5 Å². The highest BCUT2D eigenvalue weighted by atomic mass is 35.5. The number of hydrogen-bond donors (Lipinski definition) is 1. The minimum absolute atomic E-state index is 0.187. The molecule has 6 heteroatoms. The first-order valence-electron chi connectivity index (χ1n) is 10.5. The third-order valence-electron chi connectivity index (χ3n) is 6.50. The van der Waals surface area contributed by atoms with Crippen LogP contribution in [-0.2, 0) is 19.9 Å². The molecular formula is C26H22Cl2O4. The zero-order chi connectivity index (χ0) is 22.7. The van der Waals surface area contributed by atoms with Crippen LogP contribution >= 0.6 is 23.2 Å². The Morgan fingerprint density at radius 2 is 1.62 bits per heavy atom. The van der Waals surface area contributed by atoms with Gasteiger partial charge in [0.25, 0.3) is 0 Å². The van der Waals surface area contributed by atoms with E-state index >= 15 is 0 Å². The molecule has 1 aliphatic carbocycles. The molecule has 32 heavy (non-hydrogen) atoms. The van der Waals surface area contributed by atoms with Crippen LogP contribution in [0.2, 0.25) is 10.0 Å². The van der Waals surface area contributed by atoms with Gasteiger partial charge in [0.15, 0.2) is 5.79 Å². The van der Waals surface area contributed by atoms with Crippen molar-refractivity contribution in [2.45, 2.75) is 31.2 Å². The van der Waals surface area contributed by atoms with E-state index in [0.717, 1.165) is 22.3 Å². The van der Waals surface area contributed by atoms with E-state index in [1.807, 2.05) is 48.5 Å². The summed E-state index contributed by atoms with van der Waals surface area (Å²) < 4.78 is 12.0. The molecule has 4 nitrogen and oxygen atoms in total. The van der Waals surface area contributed by atoms with Crippen LogP contribution in [0.15, 0.2) is 66.7 Å². The van der Waals surface area contributed by atoms with E-state index in [1.165, 1.54) is 6.92 Å². The van der Waals surface area contributed by atoms with Crippen molar-refractivity contribution in [3.63, 3.8) is 0 Å². The van der Waals surface area contributed by atoms with E-state index in [1.54, 1.807) is 25.1 Å². The first kappa shape index (κ1) is 21.5. The minimum atomic E-state index is -1.80. The molecule has 1 saturated heterocycles. The summed E-state index contributed by atoms with van der Waals surface area (Å²) in [6, 6.07) is 21.0. The van der Waals surface area contributed by atoms with Crippen LogP contribution in [0, 0.1) is 5.92 Å². The molecule has 1 spiro atoms. The van der Waals surface area contributed by atoms with Crippen molar-refractivity contribution < 1.29 is 19.4 Å². The molecule has 0 radical (unpaired) electrons. The maximum absolute atomic E-state index is 13.3. The number of carbonyl (C=O) groups is 1. The number of carbonyl (C=O) groups excluding carboxylic acids is 1. The maximum atomic E-state index is 13.3. The van der Waals surface area contributed by atoms with Gasteiger partial charge >= 0.3 is 5.97 Å². The molecule has 0 saturated carbocycles. The number of halogens is 2. The molecule has 164 valence electrons. The Kier molecular flexibility index (Phi) is 5.10. The molecule has 0 bridgehead atoms. The summed E-state index contributed by atoms with van der Waals surface area (Å²) in [7, 11) is 0. The number of hydrogen-bond acceptors (Lipinski definition) is 4. The van der Waals surface area contributed by atoms with Gasteiger partial charge in [-0.25, -0.2) is 0 Å². The van der Waals surface area contributed by atoms with Crippen molar-refractivity contribution >= 4 is 29.2 Å². The largest absolute Gasteiger partial charge is 0.466 e. The van der Waals surface area contributed by atoms with Crippen LogP contribution in [-0.4, -0.2) is 23.5 Å². The summed E-state index contributed by atoms with van der Waals surface area (Å²) in [6.07, 6.45) is 0. The van der Waals surface area contributed by atoms with Gasteiger partial charge in [-0.2, -0.15) is 0 Å². The first-order valence-corrected chi connectivity index (χ1v) is 11.3. The molecule has 2 aliphatic rings. The molecule has 1 aliphatic heterocycles. The highest BCUT2D eigenvalue weighted by Crippen LogP contribution is 2.65. The quantitative estimate of drug-likeness (QED) is 0.484. The van der Waals surface area contributed by atoms with Gasteiger partial charge in [-0.1, -0.05) is 77.8 Å². The van der Waals surface area contributed by atoms with E-state index < -0.39 is 29.2 Å². The number of esters is 1. The Bertz CT molecular complexity index is 1170. The fourth-order valence-electron chi connectivity index (χ4n) is 5.41. The molecule has 5 rings (SSSR count). The van der Waals surface area contributed by atoms with Crippen molar-refractivity contribution in [1.82, 2.24) is 0 Å². The first-order chi connectivity index (χ1) is 15.3. The average molecular weight is 469 g/mol. The highest BCUT2D eigenvalue weighted by molar-refractivity contribution is 6.35. The predicted octanol–water partition coefficient (Wildman–Crippen LogP) is 5.92. The topological polar surface area (TPSA) is 55.8 Å². The average Bonchev–Trinajstić information content (AvgIpc) is 3.17. The van der Waals surface area contributed by atoms with E-state index in [4.69, 9.17) is 32.7 Å². The van der Waals surface area contributed by atoms with Gasteiger partial charge in [-0.15, -0.1) is 0 Å².